The van der Waals surface area contributed by atoms with E-state index in [2.05, 4.69) is 41.5 Å². The average Bonchev–Trinajstić information content (AvgIpc) is 2.22. The standard InChI is InChI=1S/C7H14IO3P3/c8-4-2-1-3-7(14-9)6(11-13)5-10-12/h2,4,6-7H,1,3,5,12-13H2/b4-2+/t6-,7-/m1/s1. The molecule has 0 saturated heterocycles. The summed E-state index contributed by atoms with van der Waals surface area (Å²) in [6.45, 7) is 0.433. The van der Waals surface area contributed by atoms with Crippen LogP contribution in [0.25, 0.3) is 0 Å². The lowest BCUT2D eigenvalue weighted by molar-refractivity contribution is 0.157. The summed E-state index contributed by atoms with van der Waals surface area (Å²) in [4.78, 5) is 0. The van der Waals surface area contributed by atoms with Crippen LogP contribution in [0.4, 0.5) is 0 Å². The molecule has 0 saturated carbocycles. The highest BCUT2D eigenvalue weighted by Gasteiger charge is 2.21. The van der Waals surface area contributed by atoms with Crippen molar-refractivity contribution in [2.75, 3.05) is 6.61 Å². The number of hydrogen-bond acceptors (Lipinski definition) is 3. The molecule has 82 valence electrons. The molecule has 0 amide bonds. The molecule has 0 aliphatic heterocycles. The first-order valence-corrected chi connectivity index (χ1v) is 7.12. The Balaban J connectivity index is 4.00. The number of halogens is 1. The molecule has 0 fully saturated rings. The van der Waals surface area contributed by atoms with Crippen LogP contribution in [0.2, 0.25) is 0 Å². The molecule has 3 nitrogen and oxygen atoms in total. The zero-order chi connectivity index (χ0) is 10.8. The fraction of sp³-hybridized carbons (Fsp3) is 0.714. The van der Waals surface area contributed by atoms with E-state index in [0.717, 1.165) is 12.8 Å². The Morgan fingerprint density at radius 3 is 2.64 bits per heavy atom. The fourth-order valence-electron chi connectivity index (χ4n) is 0.972. The molecule has 0 aromatic rings. The fourth-order valence-corrected chi connectivity index (χ4v) is 2.47. The number of hydrogen-bond donors (Lipinski definition) is 0. The van der Waals surface area contributed by atoms with E-state index >= 15 is 0 Å². The zero-order valence-electron chi connectivity index (χ0n) is 7.64. The van der Waals surface area contributed by atoms with E-state index in [0.29, 0.717) is 6.61 Å². The third-order valence-electron chi connectivity index (χ3n) is 1.72. The normalized spacial score (nSPS) is 16.2. The molecule has 0 radical (unpaired) electrons. The monoisotopic (exact) mass is 366 g/mol. The maximum absolute atomic E-state index is 10.9. The molecular weight excluding hydrogens is 352 g/mol. The van der Waals surface area contributed by atoms with Gasteiger partial charge in [0.1, 0.15) is 0 Å². The minimum Gasteiger partial charge on any atom is -0.363 e. The highest BCUT2D eigenvalue weighted by molar-refractivity contribution is 14.1. The highest BCUT2D eigenvalue weighted by atomic mass is 127. The number of allylic oxidation sites excluding steroid dienone is 1. The number of rotatable bonds is 8. The first-order chi connectivity index (χ1) is 6.79. The van der Waals surface area contributed by atoms with Crippen LogP contribution < -0.4 is 0 Å². The largest absolute Gasteiger partial charge is 0.363 e. The highest BCUT2D eigenvalue weighted by Crippen LogP contribution is 2.22. The predicted molar refractivity (Wildman–Crippen MR) is 74.0 cm³/mol. The molecule has 0 aromatic heterocycles. The minimum atomic E-state index is -0.140. The van der Waals surface area contributed by atoms with E-state index in [4.69, 9.17) is 9.05 Å². The molecule has 0 spiro atoms. The third kappa shape index (κ3) is 6.76. The Hall–Kier alpha value is 1.35. The van der Waals surface area contributed by atoms with Crippen LogP contribution in [0.1, 0.15) is 12.8 Å². The van der Waals surface area contributed by atoms with Crippen molar-refractivity contribution in [1.29, 1.82) is 0 Å². The van der Waals surface area contributed by atoms with E-state index in [9.17, 15) is 4.57 Å². The summed E-state index contributed by atoms with van der Waals surface area (Å²) in [5, 5.41) is 0. The van der Waals surface area contributed by atoms with Gasteiger partial charge >= 0.3 is 0 Å². The molecule has 0 aliphatic rings. The smallest absolute Gasteiger partial charge is 0.161 e. The molecule has 0 aromatic carbocycles. The van der Waals surface area contributed by atoms with Gasteiger partial charge in [-0.3, -0.25) is 4.57 Å². The van der Waals surface area contributed by atoms with Crippen molar-refractivity contribution in [3.63, 3.8) is 0 Å². The summed E-state index contributed by atoms with van der Waals surface area (Å²) in [6, 6.07) is 0. The quantitative estimate of drug-likeness (QED) is 0.488. The van der Waals surface area contributed by atoms with Gasteiger partial charge < -0.3 is 9.05 Å². The second-order valence-corrected chi connectivity index (χ2v) is 4.82. The van der Waals surface area contributed by atoms with Crippen LogP contribution in [-0.4, -0.2) is 18.4 Å². The Bertz CT molecular complexity index is 180. The van der Waals surface area contributed by atoms with E-state index < -0.39 is 0 Å². The summed E-state index contributed by atoms with van der Waals surface area (Å²) in [5.74, 6) is 0. The van der Waals surface area contributed by atoms with Gasteiger partial charge in [-0.2, -0.15) is 0 Å². The van der Waals surface area contributed by atoms with Crippen molar-refractivity contribution in [1.82, 2.24) is 0 Å². The summed E-state index contributed by atoms with van der Waals surface area (Å²) in [6.07, 6.45) is 3.64. The first-order valence-electron chi connectivity index (χ1n) is 4.05. The second-order valence-electron chi connectivity index (χ2n) is 2.62. The molecular formula is C7H14IO3P3. The van der Waals surface area contributed by atoms with Crippen LogP contribution in [0.3, 0.4) is 0 Å². The van der Waals surface area contributed by atoms with Crippen molar-refractivity contribution >= 4 is 50.0 Å². The Morgan fingerprint density at radius 2 is 2.21 bits per heavy atom. The third-order valence-corrected chi connectivity index (χ3v) is 3.63. The maximum atomic E-state index is 10.9. The van der Waals surface area contributed by atoms with Gasteiger partial charge in [0.05, 0.1) is 18.4 Å². The van der Waals surface area contributed by atoms with Gasteiger partial charge in [0, 0.05) is 18.9 Å². The van der Waals surface area contributed by atoms with Gasteiger partial charge in [-0.05, 0) is 16.9 Å². The lowest BCUT2D eigenvalue weighted by Crippen LogP contribution is -2.25. The van der Waals surface area contributed by atoms with Crippen molar-refractivity contribution in [3.8, 4) is 0 Å². The molecule has 7 heteroatoms. The first kappa shape index (κ1) is 15.3. The summed E-state index contributed by atoms with van der Waals surface area (Å²) in [7, 11) is 4.47. The van der Waals surface area contributed by atoms with Crippen molar-refractivity contribution < 1.29 is 13.6 Å². The van der Waals surface area contributed by atoms with Crippen LogP contribution in [0.5, 0.6) is 0 Å². The molecule has 4 atom stereocenters. The van der Waals surface area contributed by atoms with Gasteiger partial charge in [-0.25, -0.2) is 0 Å². The zero-order valence-corrected chi connectivity index (χ0v) is 13.0. The Morgan fingerprint density at radius 1 is 1.50 bits per heavy atom. The summed E-state index contributed by atoms with van der Waals surface area (Å²) in [5.41, 5.74) is -0.0133. The van der Waals surface area contributed by atoms with Gasteiger partial charge in [0.15, 0.2) is 8.46 Å². The van der Waals surface area contributed by atoms with Gasteiger partial charge in [0.2, 0.25) is 0 Å². The van der Waals surface area contributed by atoms with E-state index in [1.54, 1.807) is 0 Å². The molecule has 14 heavy (non-hydrogen) atoms. The lowest BCUT2D eigenvalue weighted by atomic mass is 10.1. The van der Waals surface area contributed by atoms with Crippen LogP contribution in [-0.2, 0) is 13.6 Å². The maximum Gasteiger partial charge on any atom is 0.161 e. The van der Waals surface area contributed by atoms with E-state index in [-0.39, 0.29) is 20.2 Å². The SMILES string of the molecule is O=P[C@H](CC/C=C/I)[C@@H](COP)OP. The van der Waals surface area contributed by atoms with Gasteiger partial charge in [-0.1, -0.05) is 28.7 Å². The van der Waals surface area contributed by atoms with Crippen LogP contribution >= 0.6 is 50.0 Å². The molecule has 0 N–H and O–H groups in total. The van der Waals surface area contributed by atoms with Crippen LogP contribution in [0, 0.1) is 0 Å². The van der Waals surface area contributed by atoms with Crippen molar-refractivity contribution in [2.45, 2.75) is 24.6 Å². The molecule has 2 unspecified atom stereocenters. The van der Waals surface area contributed by atoms with Crippen molar-refractivity contribution in [3.05, 3.63) is 10.2 Å². The van der Waals surface area contributed by atoms with Gasteiger partial charge in [-0.15, -0.1) is 0 Å². The predicted octanol–water partition coefficient (Wildman–Crippen LogP) is 3.36. The van der Waals surface area contributed by atoms with Gasteiger partial charge in [0.25, 0.3) is 0 Å². The average molecular weight is 366 g/mol. The molecule has 0 aliphatic carbocycles. The van der Waals surface area contributed by atoms with Crippen molar-refractivity contribution in [2.24, 2.45) is 0 Å². The molecule has 0 heterocycles. The summed E-state index contributed by atoms with van der Waals surface area (Å²) >= 11 is 2.17. The Kier molecular flexibility index (Phi) is 11.9. The molecule has 0 rings (SSSR count). The minimum absolute atomic E-state index is 0.0133. The Labute approximate surface area is 105 Å². The molecule has 0 bridgehead atoms. The lowest BCUT2D eigenvalue weighted by Gasteiger charge is -2.18. The topological polar surface area (TPSA) is 35.5 Å². The second kappa shape index (κ2) is 10.9. The van der Waals surface area contributed by atoms with E-state index in [1.807, 2.05) is 10.2 Å². The van der Waals surface area contributed by atoms with Crippen LogP contribution in [0.15, 0.2) is 10.2 Å². The van der Waals surface area contributed by atoms with E-state index in [1.165, 1.54) is 0 Å². The summed E-state index contributed by atoms with van der Waals surface area (Å²) < 4.78 is 22.9.